The molecule has 0 fully saturated rings. The molecule has 0 saturated carbocycles. The van der Waals surface area contributed by atoms with Crippen LogP contribution in [-0.2, 0) is 0 Å². The second kappa shape index (κ2) is 6.95. The van der Waals surface area contributed by atoms with Gasteiger partial charge in [0, 0.05) is 14.5 Å². The Labute approximate surface area is 138 Å². The van der Waals surface area contributed by atoms with E-state index in [2.05, 4.69) is 47.2 Å². The topological polar surface area (TPSA) is 12.0 Å². The minimum absolute atomic E-state index is 0.0410. The van der Waals surface area contributed by atoms with E-state index in [0.29, 0.717) is 5.02 Å². The molecule has 1 nitrogen and oxygen atoms in total. The van der Waals surface area contributed by atoms with Gasteiger partial charge in [-0.2, -0.15) is 0 Å². The quantitative estimate of drug-likeness (QED) is 0.718. The fraction of sp³-hybridized carbons (Fsp3) is 0.250. The summed E-state index contributed by atoms with van der Waals surface area (Å²) < 4.78 is 1.08. The lowest BCUT2D eigenvalue weighted by atomic mass is 9.95. The highest BCUT2D eigenvalue weighted by Gasteiger charge is 2.18. The average Bonchev–Trinajstić information content (AvgIpc) is 2.40. The Morgan fingerprint density at radius 3 is 2.50 bits per heavy atom. The van der Waals surface area contributed by atoms with Gasteiger partial charge >= 0.3 is 0 Å². The lowest BCUT2D eigenvalue weighted by molar-refractivity contribution is 0.628. The number of aryl methyl sites for hydroxylation is 1. The molecule has 0 aromatic heterocycles. The second-order valence-electron chi connectivity index (χ2n) is 4.66. The van der Waals surface area contributed by atoms with Crippen LogP contribution < -0.4 is 5.32 Å². The van der Waals surface area contributed by atoms with Crippen LogP contribution >= 0.6 is 39.1 Å². The van der Waals surface area contributed by atoms with E-state index in [1.165, 1.54) is 11.1 Å². The summed E-state index contributed by atoms with van der Waals surface area (Å²) in [7, 11) is 0. The van der Waals surface area contributed by atoms with Crippen molar-refractivity contribution in [3.63, 3.8) is 0 Å². The Balaban J connectivity index is 2.53. The fourth-order valence-electron chi connectivity index (χ4n) is 2.29. The number of nitrogens with one attached hydrogen (secondary N) is 1. The van der Waals surface area contributed by atoms with Crippen molar-refractivity contribution in [1.29, 1.82) is 0 Å². The molecule has 0 aliphatic rings. The van der Waals surface area contributed by atoms with Crippen LogP contribution in [0, 0.1) is 6.92 Å². The van der Waals surface area contributed by atoms with E-state index >= 15 is 0 Å². The molecule has 0 spiro atoms. The number of benzene rings is 2. The van der Waals surface area contributed by atoms with Crippen LogP contribution in [0.1, 0.15) is 29.7 Å². The standard InChI is InChI=1S/C16H16BrCl2N/c1-3-20-16(13-6-4-11(17)8-10(13)2)14-9-12(18)5-7-15(14)19/h4-9,16,20H,3H2,1-2H3. The zero-order chi connectivity index (χ0) is 14.7. The number of hydrogen-bond donors (Lipinski definition) is 1. The molecule has 2 rings (SSSR count). The Morgan fingerprint density at radius 2 is 1.85 bits per heavy atom. The van der Waals surface area contributed by atoms with Crippen LogP contribution in [0.15, 0.2) is 40.9 Å². The maximum absolute atomic E-state index is 6.35. The summed E-state index contributed by atoms with van der Waals surface area (Å²) in [5, 5.41) is 4.91. The molecule has 20 heavy (non-hydrogen) atoms. The third-order valence-electron chi connectivity index (χ3n) is 3.22. The summed E-state index contributed by atoms with van der Waals surface area (Å²) in [4.78, 5) is 0. The van der Waals surface area contributed by atoms with Gasteiger partial charge in [0.2, 0.25) is 0 Å². The SMILES string of the molecule is CCNC(c1ccc(Br)cc1C)c1cc(Cl)ccc1Cl. The van der Waals surface area contributed by atoms with Crippen molar-refractivity contribution in [1.82, 2.24) is 5.32 Å². The van der Waals surface area contributed by atoms with E-state index in [9.17, 15) is 0 Å². The fourth-order valence-corrected chi connectivity index (χ4v) is 3.17. The van der Waals surface area contributed by atoms with Gasteiger partial charge in [0.15, 0.2) is 0 Å². The van der Waals surface area contributed by atoms with Gasteiger partial charge in [-0.1, -0.05) is 52.1 Å². The van der Waals surface area contributed by atoms with E-state index in [4.69, 9.17) is 23.2 Å². The molecule has 2 aromatic carbocycles. The minimum atomic E-state index is 0.0410. The molecule has 0 aliphatic heterocycles. The highest BCUT2D eigenvalue weighted by atomic mass is 79.9. The van der Waals surface area contributed by atoms with Crippen LogP contribution in [0.5, 0.6) is 0 Å². The van der Waals surface area contributed by atoms with Gasteiger partial charge in [0.25, 0.3) is 0 Å². The molecule has 1 N–H and O–H groups in total. The van der Waals surface area contributed by atoms with Gasteiger partial charge < -0.3 is 5.32 Å². The second-order valence-corrected chi connectivity index (χ2v) is 6.42. The van der Waals surface area contributed by atoms with Crippen LogP contribution in [-0.4, -0.2) is 6.54 Å². The van der Waals surface area contributed by atoms with E-state index < -0.39 is 0 Å². The van der Waals surface area contributed by atoms with Gasteiger partial charge in [-0.3, -0.25) is 0 Å². The van der Waals surface area contributed by atoms with Crippen molar-refractivity contribution in [2.45, 2.75) is 19.9 Å². The predicted molar refractivity (Wildman–Crippen MR) is 90.9 cm³/mol. The third-order valence-corrected chi connectivity index (χ3v) is 4.29. The Bertz CT molecular complexity index is 613. The normalized spacial score (nSPS) is 12.4. The Morgan fingerprint density at radius 1 is 1.10 bits per heavy atom. The molecule has 0 amide bonds. The monoisotopic (exact) mass is 371 g/mol. The van der Waals surface area contributed by atoms with Gasteiger partial charge in [0.05, 0.1) is 6.04 Å². The van der Waals surface area contributed by atoms with Gasteiger partial charge in [-0.15, -0.1) is 0 Å². The first-order valence-corrected chi connectivity index (χ1v) is 8.02. The maximum atomic E-state index is 6.35. The van der Waals surface area contributed by atoms with Crippen molar-refractivity contribution in [3.05, 3.63) is 67.6 Å². The highest BCUT2D eigenvalue weighted by molar-refractivity contribution is 9.10. The lowest BCUT2D eigenvalue weighted by Gasteiger charge is -2.22. The predicted octanol–water partition coefficient (Wildman–Crippen LogP) is 5.76. The summed E-state index contributed by atoms with van der Waals surface area (Å²) in [5.41, 5.74) is 3.42. The molecule has 1 unspecified atom stereocenters. The largest absolute Gasteiger partial charge is 0.306 e. The van der Waals surface area contributed by atoms with Crippen molar-refractivity contribution >= 4 is 39.1 Å². The molecule has 0 radical (unpaired) electrons. The first-order valence-electron chi connectivity index (χ1n) is 6.47. The van der Waals surface area contributed by atoms with Gasteiger partial charge in [0.1, 0.15) is 0 Å². The maximum Gasteiger partial charge on any atom is 0.0594 e. The molecule has 4 heteroatoms. The number of halogens is 3. The summed E-state index contributed by atoms with van der Waals surface area (Å²) >= 11 is 16.0. The van der Waals surface area contributed by atoms with Crippen LogP contribution in [0.2, 0.25) is 10.0 Å². The van der Waals surface area contributed by atoms with Crippen molar-refractivity contribution in [3.8, 4) is 0 Å². The summed E-state index contributed by atoms with van der Waals surface area (Å²) in [6.45, 7) is 5.03. The Kier molecular flexibility index (Phi) is 5.50. The smallest absolute Gasteiger partial charge is 0.0594 e. The molecular weight excluding hydrogens is 357 g/mol. The summed E-state index contributed by atoms with van der Waals surface area (Å²) in [5.74, 6) is 0. The van der Waals surface area contributed by atoms with E-state index in [1.807, 2.05) is 24.3 Å². The molecule has 2 aromatic rings. The number of hydrogen-bond acceptors (Lipinski definition) is 1. The summed E-state index contributed by atoms with van der Waals surface area (Å²) in [6.07, 6.45) is 0. The molecule has 1 atom stereocenters. The van der Waals surface area contributed by atoms with Crippen LogP contribution in [0.4, 0.5) is 0 Å². The summed E-state index contributed by atoms with van der Waals surface area (Å²) in [6, 6.07) is 11.9. The van der Waals surface area contributed by atoms with Crippen molar-refractivity contribution in [2.75, 3.05) is 6.54 Å². The molecule has 0 saturated heterocycles. The van der Waals surface area contributed by atoms with E-state index in [-0.39, 0.29) is 6.04 Å². The van der Waals surface area contributed by atoms with Gasteiger partial charge in [-0.25, -0.2) is 0 Å². The zero-order valence-electron chi connectivity index (χ0n) is 11.4. The average molecular weight is 373 g/mol. The van der Waals surface area contributed by atoms with Crippen LogP contribution in [0.25, 0.3) is 0 Å². The molecule has 0 heterocycles. The van der Waals surface area contributed by atoms with Gasteiger partial charge in [-0.05, 0) is 60.5 Å². The van der Waals surface area contributed by atoms with Crippen molar-refractivity contribution in [2.24, 2.45) is 0 Å². The van der Waals surface area contributed by atoms with Crippen molar-refractivity contribution < 1.29 is 0 Å². The molecule has 0 aliphatic carbocycles. The highest BCUT2D eigenvalue weighted by Crippen LogP contribution is 2.33. The first kappa shape index (κ1) is 15.8. The lowest BCUT2D eigenvalue weighted by Crippen LogP contribution is -2.23. The zero-order valence-corrected chi connectivity index (χ0v) is 14.5. The Hall–Kier alpha value is -0.540. The molecule has 106 valence electrons. The molecular formula is C16H16BrCl2N. The van der Waals surface area contributed by atoms with E-state index in [1.54, 1.807) is 0 Å². The van der Waals surface area contributed by atoms with E-state index in [0.717, 1.165) is 21.6 Å². The molecule has 0 bridgehead atoms. The number of rotatable bonds is 4. The minimum Gasteiger partial charge on any atom is -0.306 e. The van der Waals surface area contributed by atoms with Crippen LogP contribution in [0.3, 0.4) is 0 Å². The third kappa shape index (κ3) is 3.56. The first-order chi connectivity index (χ1) is 9.52.